The van der Waals surface area contributed by atoms with Gasteiger partial charge in [-0.1, -0.05) is 0 Å². The Balaban J connectivity index is 0.00000112. The van der Waals surface area contributed by atoms with Gasteiger partial charge in [0.25, 0.3) is 5.91 Å². The van der Waals surface area contributed by atoms with E-state index in [1.807, 2.05) is 0 Å². The van der Waals surface area contributed by atoms with Gasteiger partial charge >= 0.3 is 0 Å². The number of amides is 1. The molecular weight excluding hydrogens is 216 g/mol. The Morgan fingerprint density at radius 3 is 2.67 bits per heavy atom. The van der Waals surface area contributed by atoms with Crippen molar-refractivity contribution >= 4 is 18.3 Å². The van der Waals surface area contributed by atoms with E-state index < -0.39 is 0 Å². The number of nitrogens with zero attached hydrogens (tertiary/aromatic N) is 1. The standard InChI is InChI=1S/C10H14N2O2.ClH/c11-8-3-5-12(6-4-8)10(13)9-2-1-7-14-9;/h1-2,7-8H,3-6,11H2;1H. The van der Waals surface area contributed by atoms with E-state index in [4.69, 9.17) is 10.2 Å². The van der Waals surface area contributed by atoms with Crippen LogP contribution in [0.25, 0.3) is 0 Å². The van der Waals surface area contributed by atoms with Crippen molar-refractivity contribution in [3.05, 3.63) is 24.2 Å². The summed E-state index contributed by atoms with van der Waals surface area (Å²) in [5.41, 5.74) is 5.75. The summed E-state index contributed by atoms with van der Waals surface area (Å²) in [7, 11) is 0. The molecule has 0 saturated carbocycles. The van der Waals surface area contributed by atoms with Gasteiger partial charge in [-0.05, 0) is 25.0 Å². The maximum absolute atomic E-state index is 11.8. The van der Waals surface area contributed by atoms with Crippen molar-refractivity contribution in [3.63, 3.8) is 0 Å². The lowest BCUT2D eigenvalue weighted by Gasteiger charge is -2.29. The Labute approximate surface area is 94.8 Å². The quantitative estimate of drug-likeness (QED) is 0.790. The van der Waals surface area contributed by atoms with Gasteiger partial charge in [0.1, 0.15) is 0 Å². The molecule has 2 N–H and O–H groups in total. The van der Waals surface area contributed by atoms with Crippen LogP contribution >= 0.6 is 12.4 Å². The van der Waals surface area contributed by atoms with Gasteiger partial charge in [0.2, 0.25) is 0 Å². The van der Waals surface area contributed by atoms with Crippen LogP contribution in [0.4, 0.5) is 0 Å². The highest BCUT2D eigenvalue weighted by Crippen LogP contribution is 2.12. The summed E-state index contributed by atoms with van der Waals surface area (Å²) < 4.78 is 5.05. The normalized spacial score (nSPS) is 17.3. The summed E-state index contributed by atoms with van der Waals surface area (Å²) in [5, 5.41) is 0. The molecule has 1 saturated heterocycles. The number of likely N-dealkylation sites (tertiary alicyclic amines) is 1. The first kappa shape index (κ1) is 12.1. The van der Waals surface area contributed by atoms with Gasteiger partial charge in [-0.2, -0.15) is 0 Å². The van der Waals surface area contributed by atoms with Crippen LogP contribution in [0.3, 0.4) is 0 Å². The van der Waals surface area contributed by atoms with Crippen molar-refractivity contribution in [2.75, 3.05) is 13.1 Å². The fraction of sp³-hybridized carbons (Fsp3) is 0.500. The maximum atomic E-state index is 11.8. The zero-order chi connectivity index (χ0) is 9.97. The lowest BCUT2D eigenvalue weighted by Crippen LogP contribution is -2.42. The van der Waals surface area contributed by atoms with Gasteiger partial charge in [-0.15, -0.1) is 12.4 Å². The fourth-order valence-corrected chi connectivity index (χ4v) is 1.66. The van der Waals surface area contributed by atoms with Gasteiger partial charge < -0.3 is 15.1 Å². The Bertz CT molecular complexity index is 305. The highest BCUT2D eigenvalue weighted by molar-refractivity contribution is 5.91. The maximum Gasteiger partial charge on any atom is 0.289 e. The molecule has 2 heterocycles. The number of carbonyl (C=O) groups excluding carboxylic acids is 1. The van der Waals surface area contributed by atoms with Crippen LogP contribution in [-0.2, 0) is 0 Å². The topological polar surface area (TPSA) is 59.5 Å². The summed E-state index contributed by atoms with van der Waals surface area (Å²) in [5.74, 6) is 0.391. The number of furan rings is 1. The Morgan fingerprint density at radius 1 is 1.47 bits per heavy atom. The Hall–Kier alpha value is -1.00. The highest BCUT2D eigenvalue weighted by atomic mass is 35.5. The average molecular weight is 231 g/mol. The lowest BCUT2D eigenvalue weighted by molar-refractivity contribution is 0.0682. The van der Waals surface area contributed by atoms with Gasteiger partial charge in [0.05, 0.1) is 6.26 Å². The second kappa shape index (κ2) is 5.19. The number of carbonyl (C=O) groups is 1. The largest absolute Gasteiger partial charge is 0.459 e. The average Bonchev–Trinajstić information content (AvgIpc) is 2.71. The third-order valence-electron chi connectivity index (χ3n) is 2.56. The second-order valence-corrected chi connectivity index (χ2v) is 3.61. The molecule has 0 aromatic carbocycles. The van der Waals surface area contributed by atoms with E-state index in [-0.39, 0.29) is 24.4 Å². The first-order valence-corrected chi connectivity index (χ1v) is 4.86. The van der Waals surface area contributed by atoms with Crippen molar-refractivity contribution in [1.82, 2.24) is 4.90 Å². The zero-order valence-electron chi connectivity index (χ0n) is 8.39. The molecule has 1 aliphatic heterocycles. The minimum Gasteiger partial charge on any atom is -0.459 e. The summed E-state index contributed by atoms with van der Waals surface area (Å²) in [6.07, 6.45) is 3.28. The minimum absolute atomic E-state index is 0. The van der Waals surface area contributed by atoms with Crippen LogP contribution in [0, 0.1) is 0 Å². The molecule has 15 heavy (non-hydrogen) atoms. The van der Waals surface area contributed by atoms with E-state index >= 15 is 0 Å². The van der Waals surface area contributed by atoms with Crippen LogP contribution in [0.2, 0.25) is 0 Å². The van der Waals surface area contributed by atoms with E-state index in [0.717, 1.165) is 25.9 Å². The summed E-state index contributed by atoms with van der Waals surface area (Å²) in [6, 6.07) is 3.66. The van der Waals surface area contributed by atoms with E-state index in [1.54, 1.807) is 17.0 Å². The van der Waals surface area contributed by atoms with Crippen LogP contribution < -0.4 is 5.73 Å². The van der Waals surface area contributed by atoms with Crippen molar-refractivity contribution < 1.29 is 9.21 Å². The molecule has 2 rings (SSSR count). The van der Waals surface area contributed by atoms with Crippen LogP contribution in [0.5, 0.6) is 0 Å². The van der Waals surface area contributed by atoms with Crippen molar-refractivity contribution in [2.45, 2.75) is 18.9 Å². The number of rotatable bonds is 1. The molecule has 0 unspecified atom stereocenters. The van der Waals surface area contributed by atoms with Crippen molar-refractivity contribution in [1.29, 1.82) is 0 Å². The van der Waals surface area contributed by atoms with Crippen LogP contribution in [0.1, 0.15) is 23.4 Å². The summed E-state index contributed by atoms with van der Waals surface area (Å²) in [6.45, 7) is 1.47. The molecular formula is C10H15ClN2O2. The SMILES string of the molecule is Cl.NC1CCN(C(=O)c2ccco2)CC1. The summed E-state index contributed by atoms with van der Waals surface area (Å²) >= 11 is 0. The molecule has 0 atom stereocenters. The molecule has 0 spiro atoms. The van der Waals surface area contributed by atoms with Gasteiger partial charge in [-0.25, -0.2) is 0 Å². The Morgan fingerprint density at radius 2 is 2.13 bits per heavy atom. The third kappa shape index (κ3) is 2.73. The predicted molar refractivity (Wildman–Crippen MR) is 59.1 cm³/mol. The number of hydrogen-bond acceptors (Lipinski definition) is 3. The molecule has 1 fully saturated rings. The smallest absolute Gasteiger partial charge is 0.289 e. The van der Waals surface area contributed by atoms with Gasteiger partial charge in [-0.3, -0.25) is 4.79 Å². The van der Waals surface area contributed by atoms with Gasteiger partial charge in [0, 0.05) is 19.1 Å². The first-order chi connectivity index (χ1) is 6.77. The van der Waals surface area contributed by atoms with E-state index in [9.17, 15) is 4.79 Å². The lowest BCUT2D eigenvalue weighted by atomic mass is 10.1. The predicted octanol–water partition coefficient (Wildman–Crippen LogP) is 1.26. The molecule has 1 amide bonds. The number of hydrogen-bond donors (Lipinski definition) is 1. The van der Waals surface area contributed by atoms with Crippen molar-refractivity contribution in [3.8, 4) is 0 Å². The van der Waals surface area contributed by atoms with Gasteiger partial charge in [0.15, 0.2) is 5.76 Å². The van der Waals surface area contributed by atoms with E-state index in [0.29, 0.717) is 5.76 Å². The Kier molecular flexibility index (Phi) is 4.17. The molecule has 4 nitrogen and oxygen atoms in total. The van der Waals surface area contributed by atoms with Crippen molar-refractivity contribution in [2.24, 2.45) is 5.73 Å². The third-order valence-corrected chi connectivity index (χ3v) is 2.56. The first-order valence-electron chi connectivity index (χ1n) is 4.86. The zero-order valence-corrected chi connectivity index (χ0v) is 9.20. The molecule has 1 aromatic heterocycles. The summed E-state index contributed by atoms with van der Waals surface area (Å²) in [4.78, 5) is 13.6. The highest BCUT2D eigenvalue weighted by Gasteiger charge is 2.22. The van der Waals surface area contributed by atoms with E-state index in [1.165, 1.54) is 6.26 Å². The number of nitrogens with two attached hydrogens (primary N) is 1. The molecule has 84 valence electrons. The molecule has 1 aromatic rings. The van der Waals surface area contributed by atoms with Crippen LogP contribution in [-0.4, -0.2) is 29.9 Å². The monoisotopic (exact) mass is 230 g/mol. The number of piperidine rings is 1. The fourth-order valence-electron chi connectivity index (χ4n) is 1.66. The minimum atomic E-state index is -0.0260. The molecule has 0 aliphatic carbocycles. The molecule has 0 bridgehead atoms. The van der Waals surface area contributed by atoms with E-state index in [2.05, 4.69) is 0 Å². The molecule has 1 aliphatic rings. The molecule has 5 heteroatoms. The number of halogens is 1. The molecule has 0 radical (unpaired) electrons. The van der Waals surface area contributed by atoms with Crippen LogP contribution in [0.15, 0.2) is 22.8 Å². The second-order valence-electron chi connectivity index (χ2n) is 3.61.